The van der Waals surface area contributed by atoms with Gasteiger partial charge in [0.05, 0.1) is 12.5 Å². The topological polar surface area (TPSA) is 108 Å². The Kier molecular flexibility index (Phi) is 13.5. The van der Waals surface area contributed by atoms with E-state index in [0.717, 1.165) is 95.6 Å². The number of unbranched alkanes of at least 4 members (excludes halogenated alkanes) is 7. The Morgan fingerprint density at radius 3 is 2.02 bits per heavy atom. The van der Waals surface area contributed by atoms with E-state index in [1.165, 1.54) is 46.1 Å². The zero-order valence-corrected chi connectivity index (χ0v) is 35.4. The number of carbonyl (C=O) groups excluding carboxylic acids is 4. The van der Waals surface area contributed by atoms with Gasteiger partial charge in [0.2, 0.25) is 5.91 Å². The number of fused-ring (bicyclic) bond motifs is 7. The van der Waals surface area contributed by atoms with E-state index in [2.05, 4.69) is 46.5 Å². The van der Waals surface area contributed by atoms with Crippen LogP contribution >= 0.6 is 0 Å². The van der Waals surface area contributed by atoms with Gasteiger partial charge >= 0.3 is 17.9 Å². The summed E-state index contributed by atoms with van der Waals surface area (Å²) in [5.41, 5.74) is 0.888. The minimum absolute atomic E-state index is 0.0314. The van der Waals surface area contributed by atoms with E-state index in [1.54, 1.807) is 6.92 Å². The molecule has 306 valence electrons. The lowest BCUT2D eigenvalue weighted by Crippen LogP contribution is -2.67. The molecule has 0 aromatic heterocycles. The molecule has 0 spiro atoms. The van der Waals surface area contributed by atoms with Crippen LogP contribution in [0.25, 0.3) is 0 Å². The molecular weight excluding hydrogens is 679 g/mol. The lowest BCUT2D eigenvalue weighted by molar-refractivity contribution is -0.249. The van der Waals surface area contributed by atoms with Crippen molar-refractivity contribution in [2.75, 3.05) is 20.3 Å². The quantitative estimate of drug-likeness (QED) is 0.0724. The van der Waals surface area contributed by atoms with Crippen molar-refractivity contribution in [1.29, 1.82) is 0 Å². The molecule has 54 heavy (non-hydrogen) atoms. The van der Waals surface area contributed by atoms with Crippen molar-refractivity contribution in [2.45, 2.75) is 177 Å². The van der Waals surface area contributed by atoms with Gasteiger partial charge in [-0.3, -0.25) is 19.2 Å². The maximum absolute atomic E-state index is 14.6. The van der Waals surface area contributed by atoms with Gasteiger partial charge in [0, 0.05) is 32.2 Å². The Bertz CT molecular complexity index is 1390. The summed E-state index contributed by atoms with van der Waals surface area (Å²) in [5, 5.41) is 3.47. The first-order valence-electron chi connectivity index (χ1n) is 21.8. The molecule has 5 aliphatic carbocycles. The fraction of sp³-hybridized carbons (Fsp3) is 0.870. The van der Waals surface area contributed by atoms with Gasteiger partial charge in [-0.05, 0) is 128 Å². The highest BCUT2D eigenvalue weighted by atomic mass is 16.5. The summed E-state index contributed by atoms with van der Waals surface area (Å²) in [7, 11) is 1.45. The molecule has 0 heterocycles. The van der Waals surface area contributed by atoms with E-state index in [9.17, 15) is 19.2 Å². The van der Waals surface area contributed by atoms with Crippen molar-refractivity contribution < 1.29 is 33.4 Å². The predicted molar refractivity (Wildman–Crippen MR) is 212 cm³/mol. The molecule has 1 N–H and O–H groups in total. The van der Waals surface area contributed by atoms with Crippen molar-refractivity contribution in [3.8, 4) is 0 Å². The first kappa shape index (κ1) is 42.8. The molecule has 5 fully saturated rings. The van der Waals surface area contributed by atoms with Crippen LogP contribution in [0.4, 0.5) is 0 Å². The van der Waals surface area contributed by atoms with Crippen LogP contribution in [-0.2, 0) is 33.4 Å². The fourth-order valence-corrected chi connectivity index (χ4v) is 14.1. The first-order valence-corrected chi connectivity index (χ1v) is 21.8. The van der Waals surface area contributed by atoms with Crippen LogP contribution in [0.3, 0.4) is 0 Å². The van der Waals surface area contributed by atoms with Crippen LogP contribution in [-0.4, -0.2) is 50.2 Å². The van der Waals surface area contributed by atoms with Gasteiger partial charge in [-0.2, -0.15) is 0 Å². The second-order valence-electron chi connectivity index (χ2n) is 19.8. The molecule has 8 nitrogen and oxygen atoms in total. The second kappa shape index (κ2) is 17.0. The largest absolute Gasteiger partial charge is 0.469 e. The number of rotatable bonds is 16. The molecule has 10 atom stereocenters. The van der Waals surface area contributed by atoms with E-state index < -0.39 is 5.41 Å². The summed E-state index contributed by atoms with van der Waals surface area (Å²) in [6.45, 7) is 21.0. The van der Waals surface area contributed by atoms with Gasteiger partial charge < -0.3 is 19.5 Å². The lowest BCUT2D eigenvalue weighted by Gasteiger charge is -2.72. The Morgan fingerprint density at radius 2 is 1.37 bits per heavy atom. The van der Waals surface area contributed by atoms with Crippen molar-refractivity contribution in [3.63, 3.8) is 0 Å². The molecule has 0 saturated heterocycles. The van der Waals surface area contributed by atoms with Crippen LogP contribution in [0.5, 0.6) is 0 Å². The van der Waals surface area contributed by atoms with Crippen molar-refractivity contribution in [1.82, 2.24) is 5.32 Å². The highest BCUT2D eigenvalue weighted by Crippen LogP contribution is 2.77. The number of carbonyl (C=O) groups is 4. The summed E-state index contributed by atoms with van der Waals surface area (Å²) < 4.78 is 16.2. The van der Waals surface area contributed by atoms with Crippen LogP contribution in [0.2, 0.25) is 0 Å². The molecule has 0 bridgehead atoms. The third kappa shape index (κ3) is 7.93. The molecule has 5 saturated carbocycles. The average Bonchev–Trinajstić information content (AvgIpc) is 3.52. The second-order valence-corrected chi connectivity index (χ2v) is 19.8. The molecular formula is C46H75NO7. The van der Waals surface area contributed by atoms with E-state index in [4.69, 9.17) is 14.2 Å². The molecule has 5 aliphatic rings. The summed E-state index contributed by atoms with van der Waals surface area (Å²) in [6.07, 6.45) is 19.6. The predicted octanol–water partition coefficient (Wildman–Crippen LogP) is 9.92. The molecule has 0 radical (unpaired) electrons. The maximum atomic E-state index is 14.6. The number of amides is 1. The molecule has 8 heteroatoms. The molecule has 1 unspecified atom stereocenters. The van der Waals surface area contributed by atoms with Gasteiger partial charge in [0.15, 0.2) is 0 Å². The van der Waals surface area contributed by atoms with Crippen LogP contribution in [0, 0.1) is 56.7 Å². The molecule has 0 aromatic carbocycles. The molecule has 5 rings (SSSR count). The van der Waals surface area contributed by atoms with E-state index in [0.29, 0.717) is 24.2 Å². The van der Waals surface area contributed by atoms with E-state index in [1.807, 2.05) is 0 Å². The third-order valence-corrected chi connectivity index (χ3v) is 16.9. The molecule has 0 aliphatic heterocycles. The van der Waals surface area contributed by atoms with Gasteiger partial charge in [0.25, 0.3) is 0 Å². The minimum Gasteiger partial charge on any atom is -0.469 e. The standard InChI is InChI=1S/C46H75NO7/c1-31(30-53-32(2)48)34-21-26-46(41(51)47-29-17-15-13-11-10-12-14-16-18-39(50)52-9)28-27-44(7)35(40(34)46)19-20-37-43(6)24-23-38(54-33(3)49)42(4,5)36(43)22-25-45(37,44)8/h34-38,40H,1,10-30H2,2-9H3,(H,47,51)/t34-,35+,36-,37?,38-,40+,43-,44+,45+,46-/m0/s1. The molecule has 1 amide bonds. The summed E-state index contributed by atoms with van der Waals surface area (Å²) in [4.78, 5) is 49.9. The first-order chi connectivity index (χ1) is 25.5. The summed E-state index contributed by atoms with van der Waals surface area (Å²) >= 11 is 0. The minimum atomic E-state index is -0.410. The zero-order chi connectivity index (χ0) is 39.5. The van der Waals surface area contributed by atoms with Gasteiger partial charge in [-0.1, -0.05) is 79.7 Å². The Morgan fingerprint density at radius 1 is 0.704 bits per heavy atom. The third-order valence-electron chi connectivity index (χ3n) is 16.9. The SMILES string of the molecule is C=C(COC(C)=O)[C@@H]1CC[C@]2(C(=O)NCCCCCCCCCCC(=O)OC)CC[C@]3(C)[C@H](CCC4[C@@]5(C)CC[C@H](OC(C)=O)C(C)(C)[C@@H]5CC[C@]43C)[C@@H]12. The lowest BCUT2D eigenvalue weighted by atomic mass is 9.32. The summed E-state index contributed by atoms with van der Waals surface area (Å²) in [5.74, 6) is 1.51. The van der Waals surface area contributed by atoms with Crippen LogP contribution in [0.1, 0.15) is 170 Å². The Hall–Kier alpha value is -2.38. The fourth-order valence-electron chi connectivity index (χ4n) is 14.1. The normalized spacial score (nSPS) is 37.8. The number of hydrogen-bond donors (Lipinski definition) is 1. The Balaban J connectivity index is 1.28. The number of esters is 3. The van der Waals surface area contributed by atoms with Crippen molar-refractivity contribution >= 4 is 23.8 Å². The maximum Gasteiger partial charge on any atom is 0.305 e. The number of nitrogens with one attached hydrogen (secondary N) is 1. The monoisotopic (exact) mass is 754 g/mol. The van der Waals surface area contributed by atoms with Gasteiger partial charge in [-0.15, -0.1) is 0 Å². The average molecular weight is 754 g/mol. The van der Waals surface area contributed by atoms with Crippen molar-refractivity contribution in [3.05, 3.63) is 12.2 Å². The van der Waals surface area contributed by atoms with Crippen LogP contribution < -0.4 is 5.32 Å². The van der Waals surface area contributed by atoms with Gasteiger partial charge in [-0.25, -0.2) is 0 Å². The Labute approximate surface area is 327 Å². The highest BCUT2D eigenvalue weighted by Gasteiger charge is 2.72. The van der Waals surface area contributed by atoms with Crippen LogP contribution in [0.15, 0.2) is 12.2 Å². The summed E-state index contributed by atoms with van der Waals surface area (Å²) in [6, 6.07) is 0. The number of ether oxygens (including phenoxy) is 3. The number of methoxy groups -OCH3 is 1. The highest BCUT2D eigenvalue weighted by molar-refractivity contribution is 5.84. The molecule has 0 aromatic rings. The van der Waals surface area contributed by atoms with Crippen molar-refractivity contribution in [2.24, 2.45) is 56.7 Å². The smallest absolute Gasteiger partial charge is 0.305 e. The zero-order valence-electron chi connectivity index (χ0n) is 35.4. The van der Waals surface area contributed by atoms with E-state index in [-0.39, 0.29) is 70.0 Å². The van der Waals surface area contributed by atoms with Gasteiger partial charge in [0.1, 0.15) is 12.7 Å². The number of hydrogen-bond acceptors (Lipinski definition) is 7. The van der Waals surface area contributed by atoms with E-state index >= 15 is 0 Å².